The van der Waals surface area contributed by atoms with Crippen LogP contribution in [0.25, 0.3) is 0 Å². The Bertz CT molecular complexity index is 400. The zero-order valence-electron chi connectivity index (χ0n) is 9.13. The van der Waals surface area contributed by atoms with Crippen LogP contribution in [-0.2, 0) is 14.3 Å². The molecular formula is C12H13NO4. The summed E-state index contributed by atoms with van der Waals surface area (Å²) in [5, 5.41) is 11.3. The van der Waals surface area contributed by atoms with Crippen LogP contribution in [0.4, 0.5) is 5.69 Å². The molecule has 90 valence electrons. The molecule has 0 saturated heterocycles. The second-order valence-electron chi connectivity index (χ2n) is 3.13. The molecule has 1 aromatic carbocycles. The van der Waals surface area contributed by atoms with Gasteiger partial charge in [-0.15, -0.1) is 0 Å². The van der Waals surface area contributed by atoms with E-state index in [0.29, 0.717) is 6.54 Å². The van der Waals surface area contributed by atoms with E-state index in [-0.39, 0.29) is 6.61 Å². The molecule has 2 N–H and O–H groups in total. The molecule has 0 aliphatic heterocycles. The molecule has 0 spiro atoms. The minimum Gasteiger partial charge on any atom is -0.478 e. The Hall–Kier alpha value is -2.30. The minimum atomic E-state index is -1.18. The first kappa shape index (κ1) is 12.8. The van der Waals surface area contributed by atoms with Crippen molar-refractivity contribution < 1.29 is 19.4 Å². The number of carbonyl (C=O) groups excluding carboxylic acids is 1. The van der Waals surface area contributed by atoms with Crippen molar-refractivity contribution in [2.75, 3.05) is 18.5 Å². The number of benzene rings is 1. The van der Waals surface area contributed by atoms with Crippen molar-refractivity contribution in [3.05, 3.63) is 42.5 Å². The number of hydrogen-bond acceptors (Lipinski definition) is 4. The number of anilines is 1. The van der Waals surface area contributed by atoms with Gasteiger partial charge in [0.25, 0.3) is 0 Å². The summed E-state index contributed by atoms with van der Waals surface area (Å²) in [5.74, 6) is -1.84. The zero-order valence-corrected chi connectivity index (χ0v) is 9.13. The Labute approximate surface area is 98.7 Å². The quantitative estimate of drug-likeness (QED) is 0.441. The van der Waals surface area contributed by atoms with Crippen molar-refractivity contribution in [1.29, 1.82) is 0 Å². The third kappa shape index (κ3) is 5.99. The van der Waals surface area contributed by atoms with E-state index >= 15 is 0 Å². The second kappa shape index (κ2) is 7.05. The normalized spacial score (nSPS) is 10.1. The summed E-state index contributed by atoms with van der Waals surface area (Å²) < 4.78 is 4.76. The van der Waals surface area contributed by atoms with Gasteiger partial charge in [0, 0.05) is 24.4 Å². The number of hydrogen-bond donors (Lipinski definition) is 2. The molecule has 0 amide bonds. The Morgan fingerprint density at radius 3 is 2.59 bits per heavy atom. The molecule has 1 aromatic rings. The van der Waals surface area contributed by atoms with Gasteiger partial charge in [-0.25, -0.2) is 9.59 Å². The molecule has 0 aliphatic rings. The summed E-state index contributed by atoms with van der Waals surface area (Å²) in [7, 11) is 0. The van der Waals surface area contributed by atoms with Crippen molar-refractivity contribution in [3.8, 4) is 0 Å². The van der Waals surface area contributed by atoms with Crippen LogP contribution in [0.1, 0.15) is 0 Å². The molecule has 5 heteroatoms. The van der Waals surface area contributed by atoms with E-state index in [2.05, 4.69) is 5.32 Å². The number of esters is 1. The molecule has 0 bridgehead atoms. The van der Waals surface area contributed by atoms with Gasteiger partial charge in [-0.05, 0) is 12.1 Å². The minimum absolute atomic E-state index is 0.178. The number of carbonyl (C=O) groups is 2. The van der Waals surface area contributed by atoms with Crippen LogP contribution in [0.2, 0.25) is 0 Å². The van der Waals surface area contributed by atoms with Crippen LogP contribution in [0, 0.1) is 0 Å². The van der Waals surface area contributed by atoms with Gasteiger partial charge in [0.1, 0.15) is 6.61 Å². The van der Waals surface area contributed by atoms with Gasteiger partial charge in [0.2, 0.25) is 0 Å². The number of carboxylic acid groups (broad SMARTS) is 1. The Kier molecular flexibility index (Phi) is 5.30. The van der Waals surface area contributed by atoms with Crippen molar-refractivity contribution in [1.82, 2.24) is 0 Å². The highest BCUT2D eigenvalue weighted by molar-refractivity contribution is 5.90. The summed E-state index contributed by atoms with van der Waals surface area (Å²) in [4.78, 5) is 21.1. The SMILES string of the molecule is O=C(O)C=CC(=O)OCCNc1ccccc1. The topological polar surface area (TPSA) is 75.6 Å². The van der Waals surface area contributed by atoms with Crippen LogP contribution in [0.3, 0.4) is 0 Å². The van der Waals surface area contributed by atoms with Crippen molar-refractivity contribution in [2.24, 2.45) is 0 Å². The zero-order chi connectivity index (χ0) is 12.5. The first-order valence-corrected chi connectivity index (χ1v) is 5.05. The van der Waals surface area contributed by atoms with E-state index < -0.39 is 11.9 Å². The Balaban J connectivity index is 2.16. The third-order valence-electron chi connectivity index (χ3n) is 1.81. The predicted octanol–water partition coefficient (Wildman–Crippen LogP) is 1.28. The van der Waals surface area contributed by atoms with Crippen molar-refractivity contribution in [2.45, 2.75) is 0 Å². The number of carboxylic acids is 1. The van der Waals surface area contributed by atoms with Gasteiger partial charge in [-0.3, -0.25) is 0 Å². The average Bonchev–Trinajstić information content (AvgIpc) is 2.33. The van der Waals surface area contributed by atoms with Gasteiger partial charge in [-0.2, -0.15) is 0 Å². The molecule has 0 fully saturated rings. The Morgan fingerprint density at radius 2 is 1.94 bits per heavy atom. The number of nitrogens with one attached hydrogen (secondary N) is 1. The largest absolute Gasteiger partial charge is 0.478 e. The lowest BCUT2D eigenvalue weighted by atomic mass is 10.3. The summed E-state index contributed by atoms with van der Waals surface area (Å²) >= 11 is 0. The molecule has 0 saturated carbocycles. The molecule has 0 atom stereocenters. The maximum atomic E-state index is 11.0. The predicted molar refractivity (Wildman–Crippen MR) is 62.7 cm³/mol. The highest BCUT2D eigenvalue weighted by Gasteiger charge is 1.97. The number of para-hydroxylation sites is 1. The lowest BCUT2D eigenvalue weighted by Crippen LogP contribution is -2.12. The third-order valence-corrected chi connectivity index (χ3v) is 1.81. The number of ether oxygens (including phenoxy) is 1. The number of aliphatic carboxylic acids is 1. The van der Waals surface area contributed by atoms with Crippen LogP contribution in [0.15, 0.2) is 42.5 Å². The van der Waals surface area contributed by atoms with E-state index in [4.69, 9.17) is 9.84 Å². The van der Waals surface area contributed by atoms with Crippen molar-refractivity contribution >= 4 is 17.6 Å². The first-order chi connectivity index (χ1) is 8.18. The molecule has 0 radical (unpaired) electrons. The lowest BCUT2D eigenvalue weighted by Gasteiger charge is -2.05. The van der Waals surface area contributed by atoms with Gasteiger partial charge in [0.15, 0.2) is 0 Å². The van der Waals surface area contributed by atoms with Crippen LogP contribution >= 0.6 is 0 Å². The van der Waals surface area contributed by atoms with Crippen molar-refractivity contribution in [3.63, 3.8) is 0 Å². The second-order valence-corrected chi connectivity index (χ2v) is 3.13. The van der Waals surface area contributed by atoms with Gasteiger partial charge in [0.05, 0.1) is 0 Å². The van der Waals surface area contributed by atoms with Gasteiger partial charge >= 0.3 is 11.9 Å². The smallest absolute Gasteiger partial charge is 0.331 e. The maximum Gasteiger partial charge on any atom is 0.331 e. The standard InChI is InChI=1S/C12H13NO4/c14-11(15)6-7-12(16)17-9-8-13-10-4-2-1-3-5-10/h1-7,13H,8-9H2,(H,14,15). The molecule has 17 heavy (non-hydrogen) atoms. The van der Waals surface area contributed by atoms with E-state index in [1.165, 1.54) is 0 Å². The van der Waals surface area contributed by atoms with Crippen LogP contribution in [-0.4, -0.2) is 30.2 Å². The van der Waals surface area contributed by atoms with Gasteiger partial charge < -0.3 is 15.2 Å². The summed E-state index contributed by atoms with van der Waals surface area (Å²) in [6, 6.07) is 9.48. The fourth-order valence-corrected chi connectivity index (χ4v) is 1.09. The molecule has 5 nitrogen and oxygen atoms in total. The molecule has 0 aliphatic carbocycles. The van der Waals surface area contributed by atoms with E-state index in [0.717, 1.165) is 17.8 Å². The first-order valence-electron chi connectivity index (χ1n) is 5.05. The Morgan fingerprint density at radius 1 is 1.24 bits per heavy atom. The molecule has 0 unspecified atom stereocenters. The maximum absolute atomic E-state index is 11.0. The van der Waals surface area contributed by atoms with Crippen LogP contribution in [0.5, 0.6) is 0 Å². The molecule has 1 rings (SSSR count). The highest BCUT2D eigenvalue weighted by atomic mass is 16.5. The molecule has 0 heterocycles. The molecule has 0 aromatic heterocycles. The average molecular weight is 235 g/mol. The van der Waals surface area contributed by atoms with E-state index in [9.17, 15) is 9.59 Å². The fraction of sp³-hybridized carbons (Fsp3) is 0.167. The summed E-state index contributed by atoms with van der Waals surface area (Å²) in [6.45, 7) is 0.647. The van der Waals surface area contributed by atoms with E-state index in [1.54, 1.807) is 0 Å². The highest BCUT2D eigenvalue weighted by Crippen LogP contribution is 2.03. The lowest BCUT2D eigenvalue weighted by molar-refractivity contribution is -0.138. The number of rotatable bonds is 6. The van der Waals surface area contributed by atoms with Crippen LogP contribution < -0.4 is 5.32 Å². The fourth-order valence-electron chi connectivity index (χ4n) is 1.09. The summed E-state index contributed by atoms with van der Waals surface area (Å²) in [6.07, 6.45) is 1.62. The van der Waals surface area contributed by atoms with Gasteiger partial charge in [-0.1, -0.05) is 18.2 Å². The van der Waals surface area contributed by atoms with E-state index in [1.807, 2.05) is 30.3 Å². The summed E-state index contributed by atoms with van der Waals surface area (Å²) in [5.41, 5.74) is 0.935. The monoisotopic (exact) mass is 235 g/mol. The molecular weight excluding hydrogens is 222 g/mol.